The van der Waals surface area contributed by atoms with E-state index in [4.69, 9.17) is 4.74 Å². The van der Waals surface area contributed by atoms with E-state index in [2.05, 4.69) is 26.2 Å². The van der Waals surface area contributed by atoms with E-state index < -0.39 is 0 Å². The molecule has 5 nitrogen and oxygen atoms in total. The monoisotopic (exact) mass is 395 g/mol. The lowest BCUT2D eigenvalue weighted by Crippen LogP contribution is -2.42. The number of amides is 1. The summed E-state index contributed by atoms with van der Waals surface area (Å²) < 4.78 is 19.1. The Hall–Kier alpha value is -1.89. The zero-order valence-electron chi connectivity index (χ0n) is 13.4. The third-order valence-electron chi connectivity index (χ3n) is 4.10. The van der Waals surface area contributed by atoms with Crippen LogP contribution in [0, 0.1) is 5.82 Å². The Morgan fingerprint density at radius 3 is 2.88 bits per heavy atom. The molecule has 1 aromatic carbocycles. The van der Waals surface area contributed by atoms with Gasteiger partial charge in [-0.2, -0.15) is 0 Å². The quantitative estimate of drug-likeness (QED) is 0.846. The van der Waals surface area contributed by atoms with Gasteiger partial charge in [0.05, 0.1) is 16.6 Å². The number of carbonyl (C=O) groups is 1. The number of ether oxygens (including phenoxy) is 1. The second-order valence-corrected chi connectivity index (χ2v) is 6.61. The van der Waals surface area contributed by atoms with Crippen LogP contribution in [0.5, 0.6) is 0 Å². The molecule has 1 amide bonds. The minimum atomic E-state index is -0.324. The molecule has 0 atom stereocenters. The molecule has 0 unspecified atom stereocenters. The number of halogens is 2. The average molecular weight is 396 g/mol. The maximum Gasteiger partial charge on any atom is 0.409 e. The number of nitrogens with zero attached hydrogens (tertiary/aromatic N) is 2. The second kappa shape index (κ2) is 7.34. The highest BCUT2D eigenvalue weighted by Crippen LogP contribution is 2.24. The van der Waals surface area contributed by atoms with Gasteiger partial charge in [-0.15, -0.1) is 0 Å². The number of hydrogen-bond donors (Lipinski definition) is 1. The number of aromatic nitrogens is 1. The Labute approximate surface area is 148 Å². The van der Waals surface area contributed by atoms with Gasteiger partial charge in [0.1, 0.15) is 11.6 Å². The lowest BCUT2D eigenvalue weighted by molar-refractivity contribution is 0.0983. The predicted molar refractivity (Wildman–Crippen MR) is 94.6 cm³/mol. The first-order valence-electron chi connectivity index (χ1n) is 8.01. The third-order valence-corrected chi connectivity index (χ3v) is 4.71. The summed E-state index contributed by atoms with van der Waals surface area (Å²) in [5, 5.41) is 4.25. The Morgan fingerprint density at radius 1 is 1.42 bits per heavy atom. The van der Waals surface area contributed by atoms with Crippen molar-refractivity contribution in [2.75, 3.05) is 25.0 Å². The second-order valence-electron chi connectivity index (χ2n) is 5.76. The largest absolute Gasteiger partial charge is 0.450 e. The zero-order valence-corrected chi connectivity index (χ0v) is 15.0. The van der Waals surface area contributed by atoms with E-state index >= 15 is 0 Å². The molecule has 1 N–H and O–H groups in total. The number of hydrogen-bond acceptors (Lipinski definition) is 4. The molecule has 1 aliphatic heterocycles. The van der Waals surface area contributed by atoms with E-state index in [1.807, 2.05) is 12.1 Å². The molecule has 0 aliphatic carbocycles. The Balaban J connectivity index is 1.64. The molecule has 0 bridgehead atoms. The van der Waals surface area contributed by atoms with Crippen molar-refractivity contribution in [1.29, 1.82) is 0 Å². The van der Waals surface area contributed by atoms with Crippen LogP contribution in [0.15, 0.2) is 28.7 Å². The number of fused-ring (bicyclic) bond motifs is 1. The predicted octanol–water partition coefficient (Wildman–Crippen LogP) is 4.17. The summed E-state index contributed by atoms with van der Waals surface area (Å²) in [4.78, 5) is 17.9. The molecule has 2 heterocycles. The minimum absolute atomic E-state index is 0.237. The van der Waals surface area contributed by atoms with Gasteiger partial charge in [-0.05, 0) is 53.9 Å². The topological polar surface area (TPSA) is 54.5 Å². The molecule has 128 valence electrons. The van der Waals surface area contributed by atoms with E-state index in [0.717, 1.165) is 24.0 Å². The number of likely N-dealkylation sites (tertiary alicyclic amines) is 1. The van der Waals surface area contributed by atoms with Crippen LogP contribution in [0.1, 0.15) is 19.8 Å². The number of anilines is 1. The molecule has 24 heavy (non-hydrogen) atoms. The van der Waals surface area contributed by atoms with Gasteiger partial charge in [0, 0.05) is 30.6 Å². The first-order chi connectivity index (χ1) is 11.6. The van der Waals surface area contributed by atoms with Crippen molar-refractivity contribution in [3.63, 3.8) is 0 Å². The summed E-state index contributed by atoms with van der Waals surface area (Å²) in [5.41, 5.74) is 0.615. The number of pyridine rings is 1. The molecule has 7 heteroatoms. The first kappa shape index (κ1) is 17.0. The van der Waals surface area contributed by atoms with E-state index in [0.29, 0.717) is 29.7 Å². The molecule has 1 aliphatic rings. The Morgan fingerprint density at radius 2 is 2.17 bits per heavy atom. The van der Waals surface area contributed by atoms with Crippen LogP contribution in [0.25, 0.3) is 10.9 Å². The van der Waals surface area contributed by atoms with Crippen LogP contribution in [0.3, 0.4) is 0 Å². The van der Waals surface area contributed by atoms with Crippen molar-refractivity contribution in [3.8, 4) is 0 Å². The van der Waals surface area contributed by atoms with Gasteiger partial charge in [0.25, 0.3) is 0 Å². The maximum atomic E-state index is 13.7. The van der Waals surface area contributed by atoms with Crippen molar-refractivity contribution < 1.29 is 13.9 Å². The molecule has 0 saturated carbocycles. The molecule has 3 rings (SSSR count). The number of rotatable bonds is 3. The highest BCUT2D eigenvalue weighted by Gasteiger charge is 2.23. The molecule has 2 aromatic rings. The van der Waals surface area contributed by atoms with E-state index in [-0.39, 0.29) is 18.0 Å². The molecular weight excluding hydrogens is 377 g/mol. The maximum absolute atomic E-state index is 13.7. The number of benzene rings is 1. The normalized spacial score (nSPS) is 15.5. The van der Waals surface area contributed by atoms with E-state index in [1.165, 1.54) is 6.07 Å². The zero-order chi connectivity index (χ0) is 17.1. The lowest BCUT2D eigenvalue weighted by Gasteiger charge is -2.31. The standard InChI is InChI=1S/C17H19BrFN3O2/c1-2-24-17(23)22-7-5-12(6-8-22)20-16-4-3-11-9-13(18)14(19)10-15(11)21-16/h3-4,9-10,12H,2,5-8H2,1H3,(H,20,21). The van der Waals surface area contributed by atoms with Gasteiger partial charge in [-0.25, -0.2) is 14.2 Å². The minimum Gasteiger partial charge on any atom is -0.450 e. The van der Waals surface area contributed by atoms with Crippen molar-refractivity contribution in [2.45, 2.75) is 25.8 Å². The average Bonchev–Trinajstić information content (AvgIpc) is 2.57. The van der Waals surface area contributed by atoms with Crippen molar-refractivity contribution >= 4 is 38.7 Å². The Bertz CT molecular complexity index is 748. The SMILES string of the molecule is CCOC(=O)N1CCC(Nc2ccc3cc(Br)c(F)cc3n2)CC1. The number of carbonyl (C=O) groups excluding carboxylic acids is 1. The van der Waals surface area contributed by atoms with Gasteiger partial charge in [-0.1, -0.05) is 0 Å². The summed E-state index contributed by atoms with van der Waals surface area (Å²) in [6, 6.07) is 7.20. The number of nitrogens with one attached hydrogen (secondary N) is 1. The van der Waals surface area contributed by atoms with Gasteiger partial charge in [0.15, 0.2) is 0 Å². The summed E-state index contributed by atoms with van der Waals surface area (Å²) in [7, 11) is 0. The summed E-state index contributed by atoms with van der Waals surface area (Å²) >= 11 is 3.18. The van der Waals surface area contributed by atoms with Crippen LogP contribution >= 0.6 is 15.9 Å². The molecule has 0 radical (unpaired) electrons. The van der Waals surface area contributed by atoms with Gasteiger partial charge in [-0.3, -0.25) is 0 Å². The molecule has 0 spiro atoms. The van der Waals surface area contributed by atoms with Gasteiger partial charge < -0.3 is 15.0 Å². The van der Waals surface area contributed by atoms with Crippen LogP contribution < -0.4 is 5.32 Å². The lowest BCUT2D eigenvalue weighted by atomic mass is 10.1. The summed E-state index contributed by atoms with van der Waals surface area (Å²) in [6.07, 6.45) is 1.40. The van der Waals surface area contributed by atoms with Crippen LogP contribution in [0.4, 0.5) is 15.0 Å². The highest BCUT2D eigenvalue weighted by atomic mass is 79.9. The number of piperidine rings is 1. The van der Waals surface area contributed by atoms with Gasteiger partial charge in [0.2, 0.25) is 0 Å². The molecule has 1 fully saturated rings. The van der Waals surface area contributed by atoms with Crippen LogP contribution in [0.2, 0.25) is 0 Å². The fourth-order valence-corrected chi connectivity index (χ4v) is 3.19. The summed E-state index contributed by atoms with van der Waals surface area (Å²) in [5.74, 6) is 0.397. The van der Waals surface area contributed by atoms with E-state index in [1.54, 1.807) is 17.9 Å². The van der Waals surface area contributed by atoms with Crippen LogP contribution in [-0.2, 0) is 4.74 Å². The van der Waals surface area contributed by atoms with Crippen molar-refractivity contribution in [2.24, 2.45) is 0 Å². The smallest absolute Gasteiger partial charge is 0.409 e. The summed E-state index contributed by atoms with van der Waals surface area (Å²) in [6.45, 7) is 3.51. The fraction of sp³-hybridized carbons (Fsp3) is 0.412. The fourth-order valence-electron chi connectivity index (χ4n) is 2.83. The van der Waals surface area contributed by atoms with Crippen molar-refractivity contribution in [3.05, 3.63) is 34.6 Å². The molecule has 1 saturated heterocycles. The van der Waals surface area contributed by atoms with E-state index in [9.17, 15) is 9.18 Å². The van der Waals surface area contributed by atoms with Crippen molar-refractivity contribution in [1.82, 2.24) is 9.88 Å². The third kappa shape index (κ3) is 3.77. The molecular formula is C17H19BrFN3O2. The van der Waals surface area contributed by atoms with Gasteiger partial charge >= 0.3 is 6.09 Å². The first-order valence-corrected chi connectivity index (χ1v) is 8.80. The Kier molecular flexibility index (Phi) is 5.18. The van der Waals surface area contributed by atoms with Crippen LogP contribution in [-0.4, -0.2) is 41.7 Å². The highest BCUT2D eigenvalue weighted by molar-refractivity contribution is 9.10. The molecule has 1 aromatic heterocycles.